The number of hydrogen-bond donors (Lipinski definition) is 2. The zero-order valence-corrected chi connectivity index (χ0v) is 12.1. The third kappa shape index (κ3) is 2.39. The molecule has 2 aromatic carbocycles. The standard InChI is InChI=1S/C17H19N3/c1-17(2,3)12-9-10-15-14(11-12)16(20-19-15)18-13-7-5-4-6-8-13/h4-11H,1-3H3,(H2,18,19,20). The molecular formula is C17H19N3. The van der Waals surface area contributed by atoms with E-state index in [2.05, 4.69) is 54.5 Å². The molecule has 3 heteroatoms. The number of rotatable bonds is 2. The van der Waals surface area contributed by atoms with Gasteiger partial charge in [0.25, 0.3) is 0 Å². The highest BCUT2D eigenvalue weighted by Gasteiger charge is 2.15. The Labute approximate surface area is 119 Å². The molecule has 0 aliphatic rings. The lowest BCUT2D eigenvalue weighted by atomic mass is 9.86. The first kappa shape index (κ1) is 12.7. The van der Waals surface area contributed by atoms with E-state index >= 15 is 0 Å². The summed E-state index contributed by atoms with van der Waals surface area (Å²) in [6.07, 6.45) is 0. The fourth-order valence-electron chi connectivity index (χ4n) is 2.23. The third-order valence-electron chi connectivity index (χ3n) is 3.47. The molecule has 102 valence electrons. The molecule has 3 rings (SSSR count). The van der Waals surface area contributed by atoms with Gasteiger partial charge in [-0.25, -0.2) is 0 Å². The van der Waals surface area contributed by atoms with Gasteiger partial charge in [0.15, 0.2) is 5.82 Å². The lowest BCUT2D eigenvalue weighted by Gasteiger charge is -2.18. The molecule has 0 aliphatic heterocycles. The van der Waals surface area contributed by atoms with Crippen LogP contribution < -0.4 is 5.32 Å². The van der Waals surface area contributed by atoms with E-state index in [1.165, 1.54) is 5.56 Å². The minimum absolute atomic E-state index is 0.134. The Morgan fingerprint density at radius 2 is 1.75 bits per heavy atom. The van der Waals surface area contributed by atoms with E-state index in [1.54, 1.807) is 0 Å². The summed E-state index contributed by atoms with van der Waals surface area (Å²) >= 11 is 0. The van der Waals surface area contributed by atoms with Gasteiger partial charge in [0.1, 0.15) is 0 Å². The first-order valence-electron chi connectivity index (χ1n) is 6.85. The second-order valence-electron chi connectivity index (χ2n) is 6.07. The van der Waals surface area contributed by atoms with Crippen LogP contribution in [0.3, 0.4) is 0 Å². The minimum Gasteiger partial charge on any atom is -0.338 e. The average molecular weight is 265 g/mol. The summed E-state index contributed by atoms with van der Waals surface area (Å²) < 4.78 is 0. The molecule has 0 bridgehead atoms. The topological polar surface area (TPSA) is 40.7 Å². The average Bonchev–Trinajstić information content (AvgIpc) is 2.82. The van der Waals surface area contributed by atoms with Crippen LogP contribution in [0.5, 0.6) is 0 Å². The predicted octanol–water partition coefficient (Wildman–Crippen LogP) is 4.60. The number of nitrogens with zero attached hydrogens (tertiary/aromatic N) is 1. The van der Waals surface area contributed by atoms with Crippen LogP contribution in [0.25, 0.3) is 10.9 Å². The largest absolute Gasteiger partial charge is 0.338 e. The van der Waals surface area contributed by atoms with Crippen molar-refractivity contribution in [2.75, 3.05) is 5.32 Å². The summed E-state index contributed by atoms with van der Waals surface area (Å²) in [5.41, 5.74) is 3.54. The van der Waals surface area contributed by atoms with Crippen LogP contribution in [0, 0.1) is 0 Å². The van der Waals surface area contributed by atoms with Crippen molar-refractivity contribution >= 4 is 22.4 Å². The van der Waals surface area contributed by atoms with Crippen LogP contribution in [0.1, 0.15) is 26.3 Å². The maximum Gasteiger partial charge on any atom is 0.160 e. The van der Waals surface area contributed by atoms with Gasteiger partial charge in [-0.1, -0.05) is 45.0 Å². The highest BCUT2D eigenvalue weighted by molar-refractivity contribution is 5.92. The van der Waals surface area contributed by atoms with Crippen LogP contribution in [-0.4, -0.2) is 10.2 Å². The molecule has 0 fully saturated rings. The fourth-order valence-corrected chi connectivity index (χ4v) is 2.23. The number of anilines is 2. The van der Waals surface area contributed by atoms with Gasteiger partial charge in [-0.2, -0.15) is 5.10 Å². The van der Waals surface area contributed by atoms with E-state index in [9.17, 15) is 0 Å². The summed E-state index contributed by atoms with van der Waals surface area (Å²) in [5, 5.41) is 11.9. The SMILES string of the molecule is CC(C)(C)c1ccc2[nH]nc(Nc3ccccc3)c2c1. The van der Waals surface area contributed by atoms with Gasteiger partial charge in [-0.15, -0.1) is 0 Å². The smallest absolute Gasteiger partial charge is 0.160 e. The molecule has 1 heterocycles. The molecule has 0 radical (unpaired) electrons. The maximum atomic E-state index is 4.38. The van der Waals surface area contributed by atoms with Crippen molar-refractivity contribution in [1.29, 1.82) is 0 Å². The monoisotopic (exact) mass is 265 g/mol. The van der Waals surface area contributed by atoms with Gasteiger partial charge < -0.3 is 5.32 Å². The van der Waals surface area contributed by atoms with Gasteiger partial charge in [-0.3, -0.25) is 5.10 Å². The Hall–Kier alpha value is -2.29. The van der Waals surface area contributed by atoms with Crippen molar-refractivity contribution in [3.63, 3.8) is 0 Å². The molecule has 20 heavy (non-hydrogen) atoms. The number of hydrogen-bond acceptors (Lipinski definition) is 2. The van der Waals surface area contributed by atoms with Crippen LogP contribution in [0.4, 0.5) is 11.5 Å². The van der Waals surface area contributed by atoms with E-state index in [4.69, 9.17) is 0 Å². The zero-order valence-electron chi connectivity index (χ0n) is 12.1. The molecule has 3 aromatic rings. The molecule has 0 aliphatic carbocycles. The summed E-state index contributed by atoms with van der Waals surface area (Å²) in [6.45, 7) is 6.66. The van der Waals surface area contributed by atoms with Gasteiger partial charge >= 0.3 is 0 Å². The van der Waals surface area contributed by atoms with E-state index in [0.717, 1.165) is 22.4 Å². The summed E-state index contributed by atoms with van der Waals surface area (Å²) in [5.74, 6) is 0.872. The third-order valence-corrected chi connectivity index (χ3v) is 3.47. The van der Waals surface area contributed by atoms with Crippen molar-refractivity contribution in [2.24, 2.45) is 0 Å². The van der Waals surface area contributed by atoms with Gasteiger partial charge in [0, 0.05) is 11.1 Å². The Bertz CT molecular complexity index is 721. The summed E-state index contributed by atoms with van der Waals surface area (Å²) in [6, 6.07) is 16.6. The molecule has 0 spiro atoms. The molecule has 3 nitrogen and oxygen atoms in total. The van der Waals surface area contributed by atoms with Crippen molar-refractivity contribution in [1.82, 2.24) is 10.2 Å². The minimum atomic E-state index is 0.134. The highest BCUT2D eigenvalue weighted by Crippen LogP contribution is 2.29. The van der Waals surface area contributed by atoms with Crippen LogP contribution >= 0.6 is 0 Å². The summed E-state index contributed by atoms with van der Waals surface area (Å²) in [7, 11) is 0. The molecule has 1 aromatic heterocycles. The fraction of sp³-hybridized carbons (Fsp3) is 0.235. The molecule has 0 atom stereocenters. The van der Waals surface area contributed by atoms with Crippen LogP contribution in [-0.2, 0) is 5.41 Å². The van der Waals surface area contributed by atoms with Crippen LogP contribution in [0.15, 0.2) is 48.5 Å². The van der Waals surface area contributed by atoms with Crippen molar-refractivity contribution in [3.05, 3.63) is 54.1 Å². The first-order valence-corrected chi connectivity index (χ1v) is 6.85. The number of aromatic amines is 1. The van der Waals surface area contributed by atoms with Gasteiger partial charge in [-0.05, 0) is 35.2 Å². The van der Waals surface area contributed by atoms with Gasteiger partial charge in [0.05, 0.1) is 5.52 Å². The predicted molar refractivity (Wildman–Crippen MR) is 84.5 cm³/mol. The Kier molecular flexibility index (Phi) is 2.97. The van der Waals surface area contributed by atoms with Crippen molar-refractivity contribution in [2.45, 2.75) is 26.2 Å². The zero-order chi connectivity index (χ0) is 14.2. The maximum absolute atomic E-state index is 4.38. The highest BCUT2D eigenvalue weighted by atomic mass is 15.2. The van der Waals surface area contributed by atoms with Crippen LogP contribution in [0.2, 0.25) is 0 Å². The van der Waals surface area contributed by atoms with E-state index in [1.807, 2.05) is 30.3 Å². The Morgan fingerprint density at radius 3 is 2.45 bits per heavy atom. The number of nitrogens with one attached hydrogen (secondary N) is 2. The van der Waals surface area contributed by atoms with E-state index in [0.29, 0.717) is 0 Å². The molecule has 0 saturated carbocycles. The first-order chi connectivity index (χ1) is 9.54. The molecule has 0 amide bonds. The number of H-pyrrole nitrogens is 1. The van der Waals surface area contributed by atoms with Gasteiger partial charge in [0.2, 0.25) is 0 Å². The molecule has 2 N–H and O–H groups in total. The molecule has 0 unspecified atom stereocenters. The lowest BCUT2D eigenvalue weighted by Crippen LogP contribution is -2.10. The quantitative estimate of drug-likeness (QED) is 0.710. The number of fused-ring (bicyclic) bond motifs is 1. The van der Waals surface area contributed by atoms with Crippen molar-refractivity contribution < 1.29 is 0 Å². The van der Waals surface area contributed by atoms with Crippen molar-refractivity contribution in [3.8, 4) is 0 Å². The molecular weight excluding hydrogens is 246 g/mol. The summed E-state index contributed by atoms with van der Waals surface area (Å²) in [4.78, 5) is 0. The van der Waals surface area contributed by atoms with E-state index < -0.39 is 0 Å². The lowest BCUT2D eigenvalue weighted by molar-refractivity contribution is 0.591. The normalized spacial score (nSPS) is 11.8. The second-order valence-corrected chi connectivity index (χ2v) is 6.07. The Morgan fingerprint density at radius 1 is 1.00 bits per heavy atom. The number of aromatic nitrogens is 2. The number of benzene rings is 2. The second kappa shape index (κ2) is 4.67. The molecule has 0 saturated heterocycles. The Balaban J connectivity index is 2.03. The number of para-hydroxylation sites is 1. The van der Waals surface area contributed by atoms with E-state index in [-0.39, 0.29) is 5.41 Å².